The van der Waals surface area contributed by atoms with Crippen molar-refractivity contribution < 1.29 is 19.4 Å². The largest absolute Gasteiger partial charge is 0.481 e. The second-order valence-corrected chi connectivity index (χ2v) is 8.01. The van der Waals surface area contributed by atoms with Crippen LogP contribution in [-0.4, -0.2) is 46.7 Å². The number of pyridine rings is 1. The van der Waals surface area contributed by atoms with E-state index in [2.05, 4.69) is 29.2 Å². The Kier molecular flexibility index (Phi) is 4.90. The predicted molar refractivity (Wildman–Crippen MR) is 115 cm³/mol. The summed E-state index contributed by atoms with van der Waals surface area (Å²) in [6, 6.07) is 21.8. The summed E-state index contributed by atoms with van der Waals surface area (Å²) in [5.74, 6) is -2.00. The number of hydrogen-bond donors (Lipinski definition) is 1. The fourth-order valence-electron chi connectivity index (χ4n) is 4.78. The minimum atomic E-state index is -0.926. The molecule has 2 atom stereocenters. The van der Waals surface area contributed by atoms with Crippen molar-refractivity contribution in [3.05, 3.63) is 89.7 Å². The maximum atomic E-state index is 12.9. The van der Waals surface area contributed by atoms with Gasteiger partial charge in [-0.3, -0.25) is 9.78 Å². The summed E-state index contributed by atoms with van der Waals surface area (Å²) in [7, 11) is 0. The summed E-state index contributed by atoms with van der Waals surface area (Å²) in [5.41, 5.74) is 5.31. The molecule has 2 heterocycles. The molecule has 1 amide bonds. The van der Waals surface area contributed by atoms with Crippen molar-refractivity contribution in [1.29, 1.82) is 0 Å². The van der Waals surface area contributed by atoms with E-state index in [1.165, 1.54) is 16.0 Å². The van der Waals surface area contributed by atoms with E-state index in [0.29, 0.717) is 5.69 Å². The van der Waals surface area contributed by atoms with Crippen LogP contribution in [0.25, 0.3) is 11.1 Å². The molecule has 156 valence electrons. The molecule has 31 heavy (non-hydrogen) atoms. The maximum absolute atomic E-state index is 12.9. The number of ether oxygens (including phenoxy) is 1. The van der Waals surface area contributed by atoms with Gasteiger partial charge < -0.3 is 14.7 Å². The standard InChI is InChI=1S/C25H22N2O4/c28-24(29)21-14-27(13-20(21)23-11-5-6-12-26-23)25(30)31-15-22-18-9-3-1-7-16(18)17-8-2-4-10-19(17)22/h1-12,20-22H,13-15H2,(H,28,29). The summed E-state index contributed by atoms with van der Waals surface area (Å²) >= 11 is 0. The summed E-state index contributed by atoms with van der Waals surface area (Å²) in [4.78, 5) is 30.4. The van der Waals surface area contributed by atoms with Crippen LogP contribution in [0.5, 0.6) is 0 Å². The SMILES string of the molecule is O=C(O)C1CN(C(=O)OCC2c3ccccc3-c3ccccc32)CC1c1ccccn1. The molecule has 1 N–H and O–H groups in total. The van der Waals surface area contributed by atoms with Crippen LogP contribution in [-0.2, 0) is 9.53 Å². The Morgan fingerprint density at radius 1 is 0.935 bits per heavy atom. The van der Waals surface area contributed by atoms with Gasteiger partial charge in [-0.15, -0.1) is 0 Å². The van der Waals surface area contributed by atoms with E-state index in [9.17, 15) is 14.7 Å². The van der Waals surface area contributed by atoms with Crippen LogP contribution < -0.4 is 0 Å². The average molecular weight is 414 g/mol. The Morgan fingerprint density at radius 3 is 2.19 bits per heavy atom. The number of benzene rings is 2. The van der Waals surface area contributed by atoms with E-state index in [-0.39, 0.29) is 31.5 Å². The number of amides is 1. The van der Waals surface area contributed by atoms with Crippen LogP contribution in [0, 0.1) is 5.92 Å². The van der Waals surface area contributed by atoms with E-state index in [0.717, 1.165) is 11.1 Å². The van der Waals surface area contributed by atoms with E-state index >= 15 is 0 Å². The van der Waals surface area contributed by atoms with E-state index < -0.39 is 18.0 Å². The van der Waals surface area contributed by atoms with Gasteiger partial charge in [0.1, 0.15) is 6.61 Å². The minimum Gasteiger partial charge on any atom is -0.481 e. The second-order valence-electron chi connectivity index (χ2n) is 8.01. The highest BCUT2D eigenvalue weighted by atomic mass is 16.6. The third-order valence-corrected chi connectivity index (χ3v) is 6.30. The third-order valence-electron chi connectivity index (χ3n) is 6.30. The third kappa shape index (κ3) is 3.44. The minimum absolute atomic E-state index is 0.0270. The number of hydrogen-bond acceptors (Lipinski definition) is 4. The fourth-order valence-corrected chi connectivity index (χ4v) is 4.78. The van der Waals surface area contributed by atoms with Crippen molar-refractivity contribution in [2.75, 3.05) is 19.7 Å². The highest BCUT2D eigenvalue weighted by Gasteiger charge is 2.42. The lowest BCUT2D eigenvalue weighted by molar-refractivity contribution is -0.141. The van der Waals surface area contributed by atoms with E-state index in [1.54, 1.807) is 12.3 Å². The first-order chi connectivity index (χ1) is 15.1. The molecular formula is C25H22N2O4. The average Bonchev–Trinajstić information content (AvgIpc) is 3.39. The van der Waals surface area contributed by atoms with Crippen molar-refractivity contribution >= 4 is 12.1 Å². The smallest absolute Gasteiger partial charge is 0.409 e. The molecule has 0 bridgehead atoms. The van der Waals surface area contributed by atoms with Gasteiger partial charge in [0.25, 0.3) is 0 Å². The highest BCUT2D eigenvalue weighted by Crippen LogP contribution is 2.44. The number of likely N-dealkylation sites (tertiary alicyclic amines) is 1. The zero-order valence-corrected chi connectivity index (χ0v) is 16.8. The first kappa shape index (κ1) is 19.3. The molecule has 2 unspecified atom stereocenters. The Hall–Kier alpha value is -3.67. The van der Waals surface area contributed by atoms with Crippen molar-refractivity contribution in [1.82, 2.24) is 9.88 Å². The topological polar surface area (TPSA) is 79.7 Å². The molecule has 6 heteroatoms. The molecule has 0 radical (unpaired) electrons. The van der Waals surface area contributed by atoms with Crippen LogP contribution >= 0.6 is 0 Å². The predicted octanol–water partition coefficient (Wildman–Crippen LogP) is 4.13. The number of carbonyl (C=O) groups excluding carboxylic acids is 1. The van der Waals surface area contributed by atoms with Crippen molar-refractivity contribution in [3.63, 3.8) is 0 Å². The first-order valence-corrected chi connectivity index (χ1v) is 10.4. The molecule has 2 aromatic carbocycles. The van der Waals surface area contributed by atoms with Gasteiger partial charge in [0.2, 0.25) is 0 Å². The Bertz CT molecular complexity index is 1090. The van der Waals surface area contributed by atoms with Gasteiger partial charge in [-0.2, -0.15) is 0 Å². The number of nitrogens with zero attached hydrogens (tertiary/aromatic N) is 2. The lowest BCUT2D eigenvalue weighted by Crippen LogP contribution is -2.31. The number of carboxylic acid groups (broad SMARTS) is 1. The Labute approximate surface area is 180 Å². The van der Waals surface area contributed by atoms with E-state index in [4.69, 9.17) is 4.74 Å². The fraction of sp³-hybridized carbons (Fsp3) is 0.240. The van der Waals surface area contributed by atoms with Gasteiger partial charge in [-0.1, -0.05) is 54.6 Å². The summed E-state index contributed by atoms with van der Waals surface area (Å²) < 4.78 is 5.71. The molecule has 1 saturated heterocycles. The molecule has 5 rings (SSSR count). The molecule has 1 fully saturated rings. The summed E-state index contributed by atoms with van der Waals surface area (Å²) in [5, 5.41) is 9.66. The lowest BCUT2D eigenvalue weighted by atomic mass is 9.93. The number of aromatic nitrogens is 1. The second kappa shape index (κ2) is 7.87. The molecule has 0 spiro atoms. The van der Waals surface area contributed by atoms with Crippen LogP contribution in [0.4, 0.5) is 4.79 Å². The van der Waals surface area contributed by atoms with Crippen LogP contribution in [0.2, 0.25) is 0 Å². The molecule has 6 nitrogen and oxygen atoms in total. The quantitative estimate of drug-likeness (QED) is 0.694. The summed E-state index contributed by atoms with van der Waals surface area (Å²) in [6.45, 7) is 0.618. The number of rotatable bonds is 4. The summed E-state index contributed by atoms with van der Waals surface area (Å²) in [6.07, 6.45) is 1.16. The van der Waals surface area contributed by atoms with Gasteiger partial charge in [-0.05, 0) is 34.4 Å². The zero-order valence-electron chi connectivity index (χ0n) is 16.8. The number of aliphatic carboxylic acids is 1. The van der Waals surface area contributed by atoms with Crippen molar-refractivity contribution in [2.24, 2.45) is 5.92 Å². The van der Waals surface area contributed by atoms with Crippen LogP contribution in [0.1, 0.15) is 28.7 Å². The molecule has 1 aromatic heterocycles. The maximum Gasteiger partial charge on any atom is 0.409 e. The first-order valence-electron chi connectivity index (χ1n) is 10.4. The van der Waals surface area contributed by atoms with Gasteiger partial charge in [-0.25, -0.2) is 4.79 Å². The van der Waals surface area contributed by atoms with Gasteiger partial charge in [0, 0.05) is 36.8 Å². The van der Waals surface area contributed by atoms with Gasteiger partial charge >= 0.3 is 12.1 Å². The Morgan fingerprint density at radius 2 is 1.58 bits per heavy atom. The number of carboxylic acids is 1. The highest BCUT2D eigenvalue weighted by molar-refractivity contribution is 5.79. The van der Waals surface area contributed by atoms with Crippen LogP contribution in [0.3, 0.4) is 0 Å². The Balaban J connectivity index is 1.32. The zero-order chi connectivity index (χ0) is 21.4. The molecule has 3 aromatic rings. The normalized spacial score (nSPS) is 19.7. The van der Waals surface area contributed by atoms with E-state index in [1.807, 2.05) is 36.4 Å². The molecular weight excluding hydrogens is 392 g/mol. The molecule has 1 aliphatic heterocycles. The van der Waals surface area contributed by atoms with Gasteiger partial charge in [0.05, 0.1) is 5.92 Å². The number of carbonyl (C=O) groups is 2. The van der Waals surface area contributed by atoms with Gasteiger partial charge in [0.15, 0.2) is 0 Å². The van der Waals surface area contributed by atoms with Crippen molar-refractivity contribution in [2.45, 2.75) is 11.8 Å². The monoisotopic (exact) mass is 414 g/mol. The van der Waals surface area contributed by atoms with Crippen molar-refractivity contribution in [3.8, 4) is 11.1 Å². The molecule has 1 aliphatic carbocycles. The lowest BCUT2D eigenvalue weighted by Gasteiger charge is -2.19. The molecule has 0 saturated carbocycles. The number of fused-ring (bicyclic) bond motifs is 3. The van der Waals surface area contributed by atoms with Crippen LogP contribution in [0.15, 0.2) is 72.9 Å². The molecule has 2 aliphatic rings.